The third-order valence-electron chi connectivity index (χ3n) is 2.29. The van der Waals surface area contributed by atoms with Crippen molar-refractivity contribution in [2.45, 2.75) is 39.5 Å². The molecule has 0 heterocycles. The van der Waals surface area contributed by atoms with E-state index in [9.17, 15) is 0 Å². The lowest BCUT2D eigenvalue weighted by Gasteiger charge is -2.20. The van der Waals surface area contributed by atoms with E-state index in [2.05, 4.69) is 25.1 Å². The fourth-order valence-electron chi connectivity index (χ4n) is 1.73. The van der Waals surface area contributed by atoms with Crippen molar-refractivity contribution in [3.63, 3.8) is 0 Å². The van der Waals surface area contributed by atoms with Crippen LogP contribution in [0.15, 0.2) is 16.8 Å². The Morgan fingerprint density at radius 2 is 2.25 bits per heavy atom. The summed E-state index contributed by atoms with van der Waals surface area (Å²) in [7, 11) is 0. The van der Waals surface area contributed by atoms with Crippen molar-refractivity contribution in [2.24, 2.45) is 11.1 Å². The average molecular weight is 167 g/mol. The van der Waals surface area contributed by atoms with Gasteiger partial charge in [-0.1, -0.05) is 23.2 Å². The number of nitrogens with zero attached hydrogens (tertiary/aromatic N) is 1. The van der Waals surface area contributed by atoms with Crippen LogP contribution in [0.1, 0.15) is 39.5 Å². The number of oxime groups is 1. The van der Waals surface area contributed by atoms with Gasteiger partial charge in [-0.15, -0.1) is 0 Å². The quantitative estimate of drug-likeness (QED) is 0.363. The van der Waals surface area contributed by atoms with Crippen molar-refractivity contribution in [1.82, 2.24) is 0 Å². The van der Waals surface area contributed by atoms with Gasteiger partial charge in [0.15, 0.2) is 0 Å². The first kappa shape index (κ1) is 9.30. The maximum Gasteiger partial charge on any atom is 0.0639 e. The molecule has 0 aromatic rings. The van der Waals surface area contributed by atoms with Gasteiger partial charge in [0, 0.05) is 5.92 Å². The smallest absolute Gasteiger partial charge is 0.0639 e. The zero-order valence-corrected chi connectivity index (χ0v) is 7.88. The molecular weight excluding hydrogens is 150 g/mol. The summed E-state index contributed by atoms with van der Waals surface area (Å²) in [6.07, 6.45) is 6.74. The van der Waals surface area contributed by atoms with Gasteiger partial charge in [-0.25, -0.2) is 0 Å². The van der Waals surface area contributed by atoms with E-state index in [4.69, 9.17) is 5.21 Å². The average Bonchev–Trinajstić information content (AvgIpc) is 2.04. The number of allylic oxidation sites excluding steroid dienone is 2. The van der Waals surface area contributed by atoms with Crippen molar-refractivity contribution in [3.05, 3.63) is 11.6 Å². The predicted octanol–water partition coefficient (Wildman–Crippen LogP) is 2.97. The summed E-state index contributed by atoms with van der Waals surface area (Å²) in [5.74, 6) is 0.397. The second kappa shape index (κ2) is 4.29. The standard InChI is InChI=1S/C10H17NO/c1-8(2)7-9-5-3-4-6-10(9)11-12/h7,9,12H,3-6H2,1-2H3/b11-10+. The van der Waals surface area contributed by atoms with E-state index in [0.717, 1.165) is 18.6 Å². The maximum absolute atomic E-state index is 8.73. The fraction of sp³-hybridized carbons (Fsp3) is 0.700. The number of hydrogen-bond donors (Lipinski definition) is 1. The molecular formula is C10H17NO. The molecule has 2 heteroatoms. The lowest BCUT2D eigenvalue weighted by molar-refractivity contribution is 0.311. The van der Waals surface area contributed by atoms with E-state index in [1.165, 1.54) is 18.4 Å². The van der Waals surface area contributed by atoms with E-state index < -0.39 is 0 Å². The van der Waals surface area contributed by atoms with Crippen molar-refractivity contribution in [3.8, 4) is 0 Å². The van der Waals surface area contributed by atoms with Crippen LogP contribution in [0, 0.1) is 5.92 Å². The van der Waals surface area contributed by atoms with Crippen molar-refractivity contribution >= 4 is 5.71 Å². The van der Waals surface area contributed by atoms with Gasteiger partial charge in [0.05, 0.1) is 5.71 Å². The van der Waals surface area contributed by atoms with Crippen molar-refractivity contribution in [1.29, 1.82) is 0 Å². The van der Waals surface area contributed by atoms with E-state index >= 15 is 0 Å². The molecule has 0 aromatic carbocycles. The second-order valence-corrected chi connectivity index (χ2v) is 3.69. The second-order valence-electron chi connectivity index (χ2n) is 3.69. The summed E-state index contributed by atoms with van der Waals surface area (Å²) in [5.41, 5.74) is 2.27. The normalized spacial score (nSPS) is 27.2. The molecule has 0 saturated heterocycles. The monoisotopic (exact) mass is 167 g/mol. The summed E-state index contributed by atoms with van der Waals surface area (Å²) in [6.45, 7) is 4.17. The van der Waals surface area contributed by atoms with Crippen LogP contribution in [0.25, 0.3) is 0 Å². The zero-order chi connectivity index (χ0) is 8.97. The fourth-order valence-corrected chi connectivity index (χ4v) is 1.73. The van der Waals surface area contributed by atoms with Crippen molar-refractivity contribution in [2.75, 3.05) is 0 Å². The lowest BCUT2D eigenvalue weighted by atomic mass is 9.86. The molecule has 0 spiro atoms. The van der Waals surface area contributed by atoms with Crippen LogP contribution in [0.5, 0.6) is 0 Å². The first-order valence-corrected chi connectivity index (χ1v) is 4.60. The molecule has 1 atom stereocenters. The SMILES string of the molecule is CC(C)=CC1CCCC/C1=N\O. The number of rotatable bonds is 1. The van der Waals surface area contributed by atoms with E-state index in [1.54, 1.807) is 0 Å². The van der Waals surface area contributed by atoms with Gasteiger partial charge in [-0.2, -0.15) is 0 Å². The Morgan fingerprint density at radius 3 is 2.83 bits per heavy atom. The molecule has 0 amide bonds. The molecule has 0 aliphatic heterocycles. The highest BCUT2D eigenvalue weighted by Gasteiger charge is 2.18. The molecule has 1 fully saturated rings. The third kappa shape index (κ3) is 2.36. The van der Waals surface area contributed by atoms with Gasteiger partial charge < -0.3 is 5.21 Å². The molecule has 2 nitrogen and oxygen atoms in total. The molecule has 0 aromatic heterocycles. The highest BCUT2D eigenvalue weighted by atomic mass is 16.4. The Balaban J connectivity index is 2.66. The minimum Gasteiger partial charge on any atom is -0.411 e. The molecule has 1 aliphatic rings. The van der Waals surface area contributed by atoms with Gasteiger partial charge in [0.1, 0.15) is 0 Å². The zero-order valence-electron chi connectivity index (χ0n) is 7.88. The summed E-state index contributed by atoms with van der Waals surface area (Å²) >= 11 is 0. The Kier molecular flexibility index (Phi) is 3.32. The Morgan fingerprint density at radius 1 is 1.50 bits per heavy atom. The molecule has 68 valence electrons. The van der Waals surface area contributed by atoms with Crippen LogP contribution in [-0.2, 0) is 0 Å². The number of hydrogen-bond acceptors (Lipinski definition) is 2. The highest BCUT2D eigenvalue weighted by molar-refractivity contribution is 5.88. The summed E-state index contributed by atoms with van der Waals surface area (Å²) in [6, 6.07) is 0. The molecule has 1 saturated carbocycles. The molecule has 0 bridgehead atoms. The molecule has 1 unspecified atom stereocenters. The molecule has 1 N–H and O–H groups in total. The first-order valence-electron chi connectivity index (χ1n) is 4.60. The van der Waals surface area contributed by atoms with Crippen LogP contribution in [0.2, 0.25) is 0 Å². The topological polar surface area (TPSA) is 32.6 Å². The Bertz CT molecular complexity index is 202. The Hall–Kier alpha value is -0.790. The van der Waals surface area contributed by atoms with Crippen LogP contribution in [0.4, 0.5) is 0 Å². The van der Waals surface area contributed by atoms with Gasteiger partial charge in [0.25, 0.3) is 0 Å². The molecule has 1 rings (SSSR count). The van der Waals surface area contributed by atoms with Gasteiger partial charge in [0.2, 0.25) is 0 Å². The summed E-state index contributed by atoms with van der Waals surface area (Å²) in [4.78, 5) is 0. The molecule has 12 heavy (non-hydrogen) atoms. The predicted molar refractivity (Wildman–Crippen MR) is 50.6 cm³/mol. The minimum atomic E-state index is 0.397. The molecule has 1 aliphatic carbocycles. The first-order chi connectivity index (χ1) is 5.74. The summed E-state index contributed by atoms with van der Waals surface area (Å²) < 4.78 is 0. The lowest BCUT2D eigenvalue weighted by Crippen LogP contribution is -2.17. The van der Waals surface area contributed by atoms with Crippen LogP contribution < -0.4 is 0 Å². The summed E-state index contributed by atoms with van der Waals surface area (Å²) in [5, 5.41) is 12.1. The maximum atomic E-state index is 8.73. The highest BCUT2D eigenvalue weighted by Crippen LogP contribution is 2.23. The van der Waals surface area contributed by atoms with Crippen LogP contribution in [-0.4, -0.2) is 10.9 Å². The van der Waals surface area contributed by atoms with E-state index in [0.29, 0.717) is 5.92 Å². The van der Waals surface area contributed by atoms with Crippen LogP contribution >= 0.6 is 0 Å². The Labute approximate surface area is 74.0 Å². The van der Waals surface area contributed by atoms with E-state index in [1.807, 2.05) is 0 Å². The van der Waals surface area contributed by atoms with Crippen molar-refractivity contribution < 1.29 is 5.21 Å². The van der Waals surface area contributed by atoms with E-state index in [-0.39, 0.29) is 0 Å². The van der Waals surface area contributed by atoms with Crippen LogP contribution in [0.3, 0.4) is 0 Å². The van der Waals surface area contributed by atoms with Gasteiger partial charge >= 0.3 is 0 Å². The van der Waals surface area contributed by atoms with Gasteiger partial charge in [-0.3, -0.25) is 0 Å². The largest absolute Gasteiger partial charge is 0.411 e. The molecule has 0 radical (unpaired) electrons. The minimum absolute atomic E-state index is 0.397. The van der Waals surface area contributed by atoms with Gasteiger partial charge in [-0.05, 0) is 33.1 Å². The third-order valence-corrected chi connectivity index (χ3v) is 2.29.